The number of hydrogen-bond donors (Lipinski definition) is 2. The van der Waals surface area contributed by atoms with Crippen LogP contribution in [0.5, 0.6) is 0 Å². The first-order valence-corrected chi connectivity index (χ1v) is 8.50. The topological polar surface area (TPSA) is 57.8 Å². The second kappa shape index (κ2) is 6.11. The molecule has 0 spiro atoms. The van der Waals surface area contributed by atoms with Crippen molar-refractivity contribution in [1.29, 1.82) is 0 Å². The van der Waals surface area contributed by atoms with Crippen molar-refractivity contribution in [3.8, 4) is 0 Å². The number of fused-ring (bicyclic) bond motifs is 1. The maximum absolute atomic E-state index is 12.6. The second-order valence-electron chi connectivity index (χ2n) is 6.80. The van der Waals surface area contributed by atoms with Crippen LogP contribution in [0.1, 0.15) is 35.2 Å². The van der Waals surface area contributed by atoms with E-state index in [1.807, 2.05) is 18.2 Å². The molecule has 1 aromatic carbocycles. The number of nitrogens with one attached hydrogen (secondary N) is 2. The first-order valence-electron chi connectivity index (χ1n) is 8.50. The molecule has 0 saturated heterocycles. The Hall–Kier alpha value is -2.62. The molecule has 122 valence electrons. The molecular weight excluding hydrogens is 298 g/mol. The van der Waals surface area contributed by atoms with E-state index in [4.69, 9.17) is 0 Å². The quantitative estimate of drug-likeness (QED) is 0.753. The van der Waals surface area contributed by atoms with Crippen molar-refractivity contribution < 1.29 is 4.79 Å². The highest BCUT2D eigenvalue weighted by Crippen LogP contribution is 2.43. The number of carbonyl (C=O) groups excluding carboxylic acids is 1. The summed E-state index contributed by atoms with van der Waals surface area (Å²) in [7, 11) is 0. The van der Waals surface area contributed by atoms with Crippen LogP contribution in [0.15, 0.2) is 54.9 Å². The van der Waals surface area contributed by atoms with Crippen molar-refractivity contribution in [2.24, 2.45) is 5.41 Å². The average Bonchev–Trinajstić information content (AvgIpc) is 3.02. The van der Waals surface area contributed by atoms with Crippen LogP contribution in [-0.2, 0) is 6.42 Å². The molecule has 1 saturated carbocycles. The Morgan fingerprint density at radius 1 is 1.17 bits per heavy atom. The second-order valence-corrected chi connectivity index (χ2v) is 6.80. The number of pyridine rings is 1. The van der Waals surface area contributed by atoms with E-state index in [1.165, 1.54) is 24.8 Å². The lowest BCUT2D eigenvalue weighted by atomic mass is 9.65. The van der Waals surface area contributed by atoms with Crippen molar-refractivity contribution in [2.45, 2.75) is 25.7 Å². The van der Waals surface area contributed by atoms with E-state index in [-0.39, 0.29) is 11.3 Å². The molecule has 1 aliphatic rings. The number of nitrogens with zero attached hydrogens (tertiary/aromatic N) is 1. The normalized spacial score (nSPS) is 15.8. The van der Waals surface area contributed by atoms with Crippen molar-refractivity contribution in [3.05, 3.63) is 66.0 Å². The number of rotatable bonds is 5. The number of aromatic amines is 1. The Balaban J connectivity index is 1.46. The van der Waals surface area contributed by atoms with Gasteiger partial charge in [-0.2, -0.15) is 0 Å². The number of H-pyrrole nitrogens is 1. The van der Waals surface area contributed by atoms with Crippen LogP contribution in [-0.4, -0.2) is 22.4 Å². The Kier molecular flexibility index (Phi) is 3.81. The fraction of sp³-hybridized carbons (Fsp3) is 0.300. The van der Waals surface area contributed by atoms with Gasteiger partial charge in [-0.1, -0.05) is 36.8 Å². The van der Waals surface area contributed by atoms with E-state index in [0.29, 0.717) is 5.56 Å². The SMILES string of the molecule is O=C(NCC1(Cc2ccccc2)CCC1)c1c[nH]c2ncccc12. The molecule has 24 heavy (non-hydrogen) atoms. The number of amides is 1. The predicted octanol–water partition coefficient (Wildman–Crippen LogP) is 3.71. The van der Waals surface area contributed by atoms with Gasteiger partial charge in [0.15, 0.2) is 0 Å². The Morgan fingerprint density at radius 2 is 2.00 bits per heavy atom. The average molecular weight is 319 g/mol. The van der Waals surface area contributed by atoms with Crippen LogP contribution in [0.4, 0.5) is 0 Å². The van der Waals surface area contributed by atoms with Gasteiger partial charge in [-0.15, -0.1) is 0 Å². The standard InChI is InChI=1S/C20H21N3O/c24-19(17-13-22-18-16(17)8-4-11-21-18)23-14-20(9-5-10-20)12-15-6-2-1-3-7-15/h1-4,6-8,11,13H,5,9-10,12,14H2,(H,21,22)(H,23,24). The van der Waals surface area contributed by atoms with Crippen LogP contribution >= 0.6 is 0 Å². The molecule has 1 fully saturated rings. The summed E-state index contributed by atoms with van der Waals surface area (Å²) in [5, 5.41) is 4.03. The minimum atomic E-state index is -0.0198. The zero-order chi connectivity index (χ0) is 16.4. The fourth-order valence-corrected chi connectivity index (χ4v) is 3.63. The van der Waals surface area contributed by atoms with Crippen molar-refractivity contribution >= 4 is 16.9 Å². The highest BCUT2D eigenvalue weighted by atomic mass is 16.1. The van der Waals surface area contributed by atoms with Gasteiger partial charge in [-0.3, -0.25) is 4.79 Å². The summed E-state index contributed by atoms with van der Waals surface area (Å²) in [4.78, 5) is 19.9. The van der Waals surface area contributed by atoms with Crippen LogP contribution in [0.3, 0.4) is 0 Å². The molecule has 0 unspecified atom stereocenters. The van der Waals surface area contributed by atoms with Crippen molar-refractivity contribution in [1.82, 2.24) is 15.3 Å². The summed E-state index contributed by atoms with van der Waals surface area (Å²) in [6.45, 7) is 0.730. The molecule has 0 aliphatic heterocycles. The molecule has 4 nitrogen and oxygen atoms in total. The van der Waals surface area contributed by atoms with E-state index in [2.05, 4.69) is 39.6 Å². The third kappa shape index (κ3) is 2.80. The van der Waals surface area contributed by atoms with Gasteiger partial charge in [-0.05, 0) is 42.4 Å². The number of carbonyl (C=O) groups is 1. The first kappa shape index (κ1) is 14.9. The van der Waals surface area contributed by atoms with E-state index in [1.54, 1.807) is 12.4 Å². The van der Waals surface area contributed by atoms with Gasteiger partial charge in [0, 0.05) is 24.3 Å². The molecular formula is C20H21N3O. The molecule has 4 rings (SSSR count). The first-order chi connectivity index (χ1) is 11.8. The molecule has 1 aliphatic carbocycles. The van der Waals surface area contributed by atoms with E-state index in [0.717, 1.165) is 24.0 Å². The molecule has 0 atom stereocenters. The van der Waals surface area contributed by atoms with Crippen LogP contribution in [0.25, 0.3) is 11.0 Å². The van der Waals surface area contributed by atoms with Crippen LogP contribution in [0, 0.1) is 5.41 Å². The zero-order valence-electron chi connectivity index (χ0n) is 13.6. The lowest BCUT2D eigenvalue weighted by Crippen LogP contribution is -2.43. The highest BCUT2D eigenvalue weighted by Gasteiger charge is 2.37. The predicted molar refractivity (Wildman–Crippen MR) is 94.9 cm³/mol. The molecule has 0 radical (unpaired) electrons. The van der Waals surface area contributed by atoms with Gasteiger partial charge in [0.1, 0.15) is 5.65 Å². The summed E-state index contributed by atoms with van der Waals surface area (Å²) >= 11 is 0. The van der Waals surface area contributed by atoms with Gasteiger partial charge in [0.2, 0.25) is 0 Å². The summed E-state index contributed by atoms with van der Waals surface area (Å²) in [5.41, 5.74) is 2.99. The minimum absolute atomic E-state index is 0.0198. The van der Waals surface area contributed by atoms with E-state index in [9.17, 15) is 4.79 Å². The van der Waals surface area contributed by atoms with Gasteiger partial charge in [-0.25, -0.2) is 4.98 Å². The summed E-state index contributed by atoms with van der Waals surface area (Å²) in [6, 6.07) is 14.3. The highest BCUT2D eigenvalue weighted by molar-refractivity contribution is 6.05. The molecule has 4 heteroatoms. The van der Waals surface area contributed by atoms with Crippen LogP contribution in [0.2, 0.25) is 0 Å². The minimum Gasteiger partial charge on any atom is -0.351 e. The Bertz CT molecular complexity index is 849. The van der Waals surface area contributed by atoms with Gasteiger partial charge in [0.25, 0.3) is 5.91 Å². The third-order valence-corrected chi connectivity index (χ3v) is 5.16. The summed E-state index contributed by atoms with van der Waals surface area (Å²) in [5.74, 6) is -0.0198. The maximum atomic E-state index is 12.6. The van der Waals surface area contributed by atoms with Gasteiger partial charge >= 0.3 is 0 Å². The van der Waals surface area contributed by atoms with Gasteiger partial charge < -0.3 is 10.3 Å². The number of hydrogen-bond acceptors (Lipinski definition) is 2. The Morgan fingerprint density at radius 3 is 2.75 bits per heavy atom. The Labute approximate surface area is 141 Å². The number of aromatic nitrogens is 2. The monoisotopic (exact) mass is 319 g/mol. The van der Waals surface area contributed by atoms with E-state index < -0.39 is 0 Å². The van der Waals surface area contributed by atoms with Gasteiger partial charge in [0.05, 0.1) is 5.56 Å². The smallest absolute Gasteiger partial charge is 0.253 e. The van der Waals surface area contributed by atoms with E-state index >= 15 is 0 Å². The molecule has 2 heterocycles. The molecule has 3 aromatic rings. The largest absolute Gasteiger partial charge is 0.351 e. The summed E-state index contributed by atoms with van der Waals surface area (Å²) in [6.07, 6.45) is 8.11. The molecule has 2 N–H and O–H groups in total. The lowest BCUT2D eigenvalue weighted by Gasteiger charge is -2.42. The lowest BCUT2D eigenvalue weighted by molar-refractivity contribution is 0.0861. The third-order valence-electron chi connectivity index (χ3n) is 5.16. The zero-order valence-corrected chi connectivity index (χ0v) is 13.6. The fourth-order valence-electron chi connectivity index (χ4n) is 3.63. The van der Waals surface area contributed by atoms with Crippen molar-refractivity contribution in [3.63, 3.8) is 0 Å². The number of benzene rings is 1. The molecule has 0 bridgehead atoms. The van der Waals surface area contributed by atoms with Crippen LogP contribution < -0.4 is 5.32 Å². The summed E-state index contributed by atoms with van der Waals surface area (Å²) < 4.78 is 0. The molecule has 2 aromatic heterocycles. The van der Waals surface area contributed by atoms with Crippen molar-refractivity contribution in [2.75, 3.05) is 6.54 Å². The maximum Gasteiger partial charge on any atom is 0.253 e. The molecule has 1 amide bonds.